The second-order valence-corrected chi connectivity index (χ2v) is 4.74. The zero-order valence-corrected chi connectivity index (χ0v) is 12.5. The number of rotatable bonds is 5. The molecule has 0 aromatic heterocycles. The van der Waals surface area contributed by atoms with Crippen LogP contribution in [0.2, 0.25) is 0 Å². The van der Waals surface area contributed by atoms with E-state index in [0.29, 0.717) is 18.8 Å². The number of nitrogens with one attached hydrogen (secondary N) is 1. The van der Waals surface area contributed by atoms with Gasteiger partial charge in [0.05, 0.1) is 6.54 Å². The van der Waals surface area contributed by atoms with Crippen molar-refractivity contribution in [3.05, 3.63) is 60.2 Å². The second kappa shape index (κ2) is 7.75. The maximum absolute atomic E-state index is 12.1. The van der Waals surface area contributed by atoms with E-state index < -0.39 is 0 Å². The van der Waals surface area contributed by atoms with Gasteiger partial charge in [0.15, 0.2) is 0 Å². The molecule has 4 heteroatoms. The van der Waals surface area contributed by atoms with E-state index in [-0.39, 0.29) is 6.03 Å². The quantitative estimate of drug-likeness (QED) is 0.860. The average molecular weight is 294 g/mol. The van der Waals surface area contributed by atoms with Crippen LogP contribution in [0, 0.1) is 12.3 Å². The summed E-state index contributed by atoms with van der Waals surface area (Å²) in [5.74, 6) is 3.33. The molecule has 0 atom stereocenters. The summed E-state index contributed by atoms with van der Waals surface area (Å²) in [6.07, 6.45) is 5.34. The number of carbonyl (C=O) groups excluding carboxylic acids is 1. The third-order valence-corrected chi connectivity index (χ3v) is 3.07. The molecule has 0 aliphatic rings. The number of hydrogen-bond acceptors (Lipinski definition) is 2. The predicted octanol–water partition coefficient (Wildman–Crippen LogP) is 3.21. The number of likely N-dealkylation sites (N-methyl/N-ethyl adjacent to an activating group) is 1. The van der Waals surface area contributed by atoms with E-state index in [9.17, 15) is 4.79 Å². The molecule has 0 aliphatic heterocycles. The van der Waals surface area contributed by atoms with Gasteiger partial charge in [0.2, 0.25) is 0 Å². The number of carbonyl (C=O) groups is 1. The summed E-state index contributed by atoms with van der Waals surface area (Å²) in [5, 5.41) is 2.80. The fourth-order valence-electron chi connectivity index (χ4n) is 1.82. The average Bonchev–Trinajstić information content (AvgIpc) is 2.56. The minimum Gasteiger partial charge on any atom is -0.492 e. The SMILES string of the molecule is C#Cc1cccc(NC(=O)N(C)CCOc2ccccc2)c1. The third-order valence-electron chi connectivity index (χ3n) is 3.07. The summed E-state index contributed by atoms with van der Waals surface area (Å²) in [4.78, 5) is 13.6. The topological polar surface area (TPSA) is 41.6 Å². The van der Waals surface area contributed by atoms with Crippen molar-refractivity contribution in [3.8, 4) is 18.1 Å². The molecule has 1 N–H and O–H groups in total. The van der Waals surface area contributed by atoms with E-state index in [1.165, 1.54) is 0 Å². The van der Waals surface area contributed by atoms with Crippen molar-refractivity contribution in [2.24, 2.45) is 0 Å². The number of hydrogen-bond donors (Lipinski definition) is 1. The molecule has 0 fully saturated rings. The van der Waals surface area contributed by atoms with Crippen LogP contribution in [0.25, 0.3) is 0 Å². The first kappa shape index (κ1) is 15.5. The standard InChI is InChI=1S/C18H18N2O2/c1-3-15-8-7-9-16(14-15)19-18(21)20(2)12-13-22-17-10-5-4-6-11-17/h1,4-11,14H,12-13H2,2H3,(H,19,21). The van der Waals surface area contributed by atoms with Crippen LogP contribution in [-0.2, 0) is 0 Å². The van der Waals surface area contributed by atoms with Crippen LogP contribution in [0.3, 0.4) is 0 Å². The number of benzene rings is 2. The van der Waals surface area contributed by atoms with Crippen LogP contribution < -0.4 is 10.1 Å². The monoisotopic (exact) mass is 294 g/mol. The molecule has 2 rings (SSSR count). The molecule has 0 saturated carbocycles. The van der Waals surface area contributed by atoms with Crippen LogP contribution in [0.1, 0.15) is 5.56 Å². The van der Waals surface area contributed by atoms with E-state index in [0.717, 1.165) is 11.3 Å². The van der Waals surface area contributed by atoms with Crippen LogP contribution in [0.4, 0.5) is 10.5 Å². The Kier molecular flexibility index (Phi) is 5.44. The number of amides is 2. The first-order valence-electron chi connectivity index (χ1n) is 6.95. The van der Waals surface area contributed by atoms with Crippen molar-refractivity contribution >= 4 is 11.7 Å². The van der Waals surface area contributed by atoms with Gasteiger partial charge in [-0.25, -0.2) is 4.79 Å². The van der Waals surface area contributed by atoms with E-state index in [1.54, 1.807) is 24.1 Å². The van der Waals surface area contributed by atoms with Crippen LogP contribution in [-0.4, -0.2) is 31.1 Å². The van der Waals surface area contributed by atoms with Gasteiger partial charge in [-0.15, -0.1) is 6.42 Å². The highest BCUT2D eigenvalue weighted by Crippen LogP contribution is 2.11. The van der Waals surface area contributed by atoms with Gasteiger partial charge in [-0.1, -0.05) is 30.2 Å². The number of nitrogens with zero attached hydrogens (tertiary/aromatic N) is 1. The maximum Gasteiger partial charge on any atom is 0.321 e. The molecule has 2 amide bonds. The Hall–Kier alpha value is -2.93. The molecule has 22 heavy (non-hydrogen) atoms. The van der Waals surface area contributed by atoms with E-state index in [4.69, 9.17) is 11.2 Å². The molecule has 4 nitrogen and oxygen atoms in total. The lowest BCUT2D eigenvalue weighted by atomic mass is 10.2. The third kappa shape index (κ3) is 4.57. The van der Waals surface area contributed by atoms with Gasteiger partial charge in [-0.05, 0) is 30.3 Å². The molecule has 2 aromatic carbocycles. The molecular weight excluding hydrogens is 276 g/mol. The molecule has 0 spiro atoms. The highest BCUT2D eigenvalue weighted by molar-refractivity contribution is 5.89. The van der Waals surface area contributed by atoms with Crippen molar-refractivity contribution in [1.82, 2.24) is 4.90 Å². The summed E-state index contributed by atoms with van der Waals surface area (Å²) < 4.78 is 5.57. The Labute approximate surface area is 130 Å². The van der Waals surface area contributed by atoms with E-state index in [1.807, 2.05) is 42.5 Å². The van der Waals surface area contributed by atoms with Gasteiger partial charge in [-0.2, -0.15) is 0 Å². The van der Waals surface area contributed by atoms with Gasteiger partial charge in [0.1, 0.15) is 12.4 Å². The number of urea groups is 1. The summed E-state index contributed by atoms with van der Waals surface area (Å²) in [6, 6.07) is 16.5. The molecule has 0 unspecified atom stereocenters. The fourth-order valence-corrected chi connectivity index (χ4v) is 1.82. The Balaban J connectivity index is 1.80. The summed E-state index contributed by atoms with van der Waals surface area (Å²) >= 11 is 0. The summed E-state index contributed by atoms with van der Waals surface area (Å²) in [5.41, 5.74) is 1.41. The number of terminal acetylenes is 1. The molecule has 0 radical (unpaired) electrons. The zero-order valence-electron chi connectivity index (χ0n) is 12.5. The predicted molar refractivity (Wildman–Crippen MR) is 88.0 cm³/mol. The van der Waals surface area contributed by atoms with Gasteiger partial charge in [0.25, 0.3) is 0 Å². The molecule has 2 aromatic rings. The first-order valence-corrected chi connectivity index (χ1v) is 6.95. The molecule has 0 heterocycles. The number of anilines is 1. The molecular formula is C18H18N2O2. The van der Waals surface area contributed by atoms with Crippen molar-refractivity contribution in [2.75, 3.05) is 25.5 Å². The fraction of sp³-hybridized carbons (Fsp3) is 0.167. The van der Waals surface area contributed by atoms with Gasteiger partial charge in [-0.3, -0.25) is 0 Å². The van der Waals surface area contributed by atoms with Gasteiger partial charge < -0.3 is 15.0 Å². The normalized spacial score (nSPS) is 9.64. The Morgan fingerprint density at radius 2 is 2.00 bits per heavy atom. The van der Waals surface area contributed by atoms with Crippen LogP contribution >= 0.6 is 0 Å². The van der Waals surface area contributed by atoms with Crippen LogP contribution in [0.15, 0.2) is 54.6 Å². The smallest absolute Gasteiger partial charge is 0.321 e. The Bertz CT molecular complexity index is 662. The molecule has 0 bridgehead atoms. The number of ether oxygens (including phenoxy) is 1. The molecule has 0 saturated heterocycles. The van der Waals surface area contributed by atoms with Gasteiger partial charge in [0, 0.05) is 18.3 Å². The van der Waals surface area contributed by atoms with Crippen molar-refractivity contribution in [2.45, 2.75) is 0 Å². The highest BCUT2D eigenvalue weighted by atomic mass is 16.5. The van der Waals surface area contributed by atoms with E-state index in [2.05, 4.69) is 11.2 Å². The second-order valence-electron chi connectivity index (χ2n) is 4.74. The van der Waals surface area contributed by atoms with Crippen molar-refractivity contribution < 1.29 is 9.53 Å². The lowest BCUT2D eigenvalue weighted by Gasteiger charge is -2.18. The van der Waals surface area contributed by atoms with E-state index >= 15 is 0 Å². The van der Waals surface area contributed by atoms with Crippen LogP contribution in [0.5, 0.6) is 5.75 Å². The minimum absolute atomic E-state index is 0.203. The summed E-state index contributed by atoms with van der Waals surface area (Å²) in [6.45, 7) is 0.911. The Morgan fingerprint density at radius 1 is 1.23 bits per heavy atom. The van der Waals surface area contributed by atoms with Crippen molar-refractivity contribution in [3.63, 3.8) is 0 Å². The first-order chi connectivity index (χ1) is 10.7. The molecule has 0 aliphatic carbocycles. The largest absolute Gasteiger partial charge is 0.492 e. The zero-order chi connectivity index (χ0) is 15.8. The maximum atomic E-state index is 12.1. The summed E-state index contributed by atoms with van der Waals surface area (Å²) in [7, 11) is 1.72. The number of para-hydroxylation sites is 1. The highest BCUT2D eigenvalue weighted by Gasteiger charge is 2.08. The minimum atomic E-state index is -0.203. The van der Waals surface area contributed by atoms with Crippen molar-refractivity contribution in [1.29, 1.82) is 0 Å². The lowest BCUT2D eigenvalue weighted by Crippen LogP contribution is -2.34. The molecule has 112 valence electrons. The Morgan fingerprint density at radius 3 is 2.73 bits per heavy atom. The van der Waals surface area contributed by atoms with Gasteiger partial charge >= 0.3 is 6.03 Å². The lowest BCUT2D eigenvalue weighted by molar-refractivity contribution is 0.207.